The Kier molecular flexibility index (Phi) is 8.69. The molecule has 0 aliphatic heterocycles. The molecule has 218 valence electrons. The SMILES string of the molecule is CC1=C(C(O)c2ccc(F)c(C(C)C(C)C(=O)c3cc(C(F)(F)F)n(C)[n+]3-c3cccc(C#N)c3)c2)C=CC=CC1C. The fraction of sp³-hybridized carbons (Fsp3) is 0.303. The van der Waals surface area contributed by atoms with Crippen molar-refractivity contribution in [3.05, 3.63) is 118 Å². The second kappa shape index (κ2) is 11.9. The third-order valence-corrected chi connectivity index (χ3v) is 8.12. The molecule has 0 bridgehead atoms. The summed E-state index contributed by atoms with van der Waals surface area (Å²) in [7, 11) is 1.19. The van der Waals surface area contributed by atoms with E-state index in [2.05, 4.69) is 0 Å². The summed E-state index contributed by atoms with van der Waals surface area (Å²) in [4.78, 5) is 13.8. The molecule has 0 saturated carbocycles. The van der Waals surface area contributed by atoms with Gasteiger partial charge in [0.1, 0.15) is 11.9 Å². The Bertz CT molecular complexity index is 1660. The molecule has 2 aromatic carbocycles. The van der Waals surface area contributed by atoms with Crippen molar-refractivity contribution in [2.45, 2.75) is 45.9 Å². The number of rotatable bonds is 7. The van der Waals surface area contributed by atoms with E-state index < -0.39 is 41.4 Å². The van der Waals surface area contributed by atoms with Gasteiger partial charge in [0.25, 0.3) is 5.69 Å². The van der Waals surface area contributed by atoms with Crippen LogP contribution in [-0.2, 0) is 13.2 Å². The van der Waals surface area contributed by atoms with E-state index in [-0.39, 0.29) is 28.4 Å². The van der Waals surface area contributed by atoms with E-state index >= 15 is 4.39 Å². The van der Waals surface area contributed by atoms with Crippen LogP contribution in [0.2, 0.25) is 0 Å². The number of aliphatic hydroxyl groups excluding tert-OH is 1. The van der Waals surface area contributed by atoms with Gasteiger partial charge in [-0.15, -0.1) is 4.68 Å². The van der Waals surface area contributed by atoms with Crippen molar-refractivity contribution < 1.29 is 32.1 Å². The summed E-state index contributed by atoms with van der Waals surface area (Å²) in [6.07, 6.45) is 1.75. The van der Waals surface area contributed by atoms with Crippen LogP contribution in [0.5, 0.6) is 0 Å². The topological polar surface area (TPSA) is 69.9 Å². The van der Waals surface area contributed by atoms with E-state index in [1.54, 1.807) is 13.8 Å². The zero-order valence-corrected chi connectivity index (χ0v) is 23.9. The van der Waals surface area contributed by atoms with Gasteiger partial charge in [0.15, 0.2) is 5.69 Å². The van der Waals surface area contributed by atoms with Gasteiger partial charge in [-0.1, -0.05) is 67.5 Å². The van der Waals surface area contributed by atoms with Gasteiger partial charge in [-0.3, -0.25) is 4.79 Å². The van der Waals surface area contributed by atoms with Crippen LogP contribution in [-0.4, -0.2) is 15.6 Å². The number of nitrogens with zero attached hydrogens (tertiary/aromatic N) is 3. The summed E-state index contributed by atoms with van der Waals surface area (Å²) in [5.41, 5.74) is 1.38. The lowest BCUT2D eigenvalue weighted by Crippen LogP contribution is -2.46. The number of benzene rings is 2. The predicted octanol–water partition coefficient (Wildman–Crippen LogP) is 7.07. The first kappa shape index (κ1) is 30.7. The number of Topliss-reactive ketones (excluding diaryl/α,β-unsaturated/α-hetero) is 1. The molecule has 0 fully saturated rings. The van der Waals surface area contributed by atoms with E-state index in [9.17, 15) is 28.3 Å². The first-order valence-corrected chi connectivity index (χ1v) is 13.5. The van der Waals surface area contributed by atoms with E-state index in [1.807, 2.05) is 44.2 Å². The van der Waals surface area contributed by atoms with Crippen molar-refractivity contribution in [3.63, 3.8) is 0 Å². The highest BCUT2D eigenvalue weighted by Crippen LogP contribution is 2.36. The maximum atomic E-state index is 15.2. The standard InChI is InChI=1S/C33H32F4N3O2/c1-19-9-6-7-12-26(20(19)2)32(42)24-13-14-28(34)27(16-24)21(3)22(4)31(41)29-17-30(33(35,36)37)39(5)40(29)25-11-8-10-23(15-25)18-38/h6-17,19,21-22,32,42H,1-5H3/q+1. The third kappa shape index (κ3) is 5.86. The molecule has 0 radical (unpaired) electrons. The maximum Gasteiger partial charge on any atom is 0.437 e. The molecule has 0 spiro atoms. The van der Waals surface area contributed by atoms with E-state index in [4.69, 9.17) is 0 Å². The minimum Gasteiger partial charge on any atom is -0.384 e. The molecule has 3 aromatic rings. The Morgan fingerprint density at radius 2 is 1.83 bits per heavy atom. The monoisotopic (exact) mass is 578 g/mol. The molecule has 1 N–H and O–H groups in total. The van der Waals surface area contributed by atoms with Crippen molar-refractivity contribution in [3.8, 4) is 11.8 Å². The average Bonchev–Trinajstić information content (AvgIpc) is 3.23. The van der Waals surface area contributed by atoms with Gasteiger partial charge >= 0.3 is 6.18 Å². The van der Waals surface area contributed by atoms with Crippen molar-refractivity contribution in [1.82, 2.24) is 4.68 Å². The molecule has 4 atom stereocenters. The van der Waals surface area contributed by atoms with E-state index in [1.165, 1.54) is 49.5 Å². The highest BCUT2D eigenvalue weighted by Gasteiger charge is 2.43. The number of alkyl halides is 3. The predicted molar refractivity (Wildman–Crippen MR) is 150 cm³/mol. The Balaban J connectivity index is 1.75. The number of hydrogen-bond donors (Lipinski definition) is 1. The second-order valence-corrected chi connectivity index (χ2v) is 10.7. The third-order valence-electron chi connectivity index (χ3n) is 8.12. The van der Waals surface area contributed by atoms with E-state index in [0.29, 0.717) is 11.1 Å². The molecule has 1 aliphatic rings. The molecular formula is C33H32F4N3O2+. The van der Waals surface area contributed by atoms with Gasteiger partial charge in [0.2, 0.25) is 11.5 Å². The molecule has 4 unspecified atom stereocenters. The smallest absolute Gasteiger partial charge is 0.384 e. The molecule has 1 heterocycles. The first-order valence-electron chi connectivity index (χ1n) is 13.5. The number of carbonyl (C=O) groups excluding carboxylic acids is 1. The number of aliphatic hydroxyl groups is 1. The molecule has 9 heteroatoms. The maximum absolute atomic E-state index is 15.2. The van der Waals surface area contributed by atoms with Gasteiger partial charge in [-0.05, 0) is 53.7 Å². The minimum atomic E-state index is -4.75. The van der Waals surface area contributed by atoms with Gasteiger partial charge in [-0.2, -0.15) is 18.4 Å². The highest BCUT2D eigenvalue weighted by molar-refractivity contribution is 5.95. The second-order valence-electron chi connectivity index (χ2n) is 10.7. The van der Waals surface area contributed by atoms with Gasteiger partial charge in [0.05, 0.1) is 24.7 Å². The van der Waals surface area contributed by atoms with Crippen LogP contribution >= 0.6 is 0 Å². The fourth-order valence-electron chi connectivity index (χ4n) is 5.24. The number of nitriles is 1. The van der Waals surface area contributed by atoms with E-state index in [0.717, 1.165) is 21.0 Å². The Labute approximate surface area is 242 Å². The number of carbonyl (C=O) groups is 1. The summed E-state index contributed by atoms with van der Waals surface area (Å²) >= 11 is 0. The lowest BCUT2D eigenvalue weighted by Gasteiger charge is -2.22. The van der Waals surface area contributed by atoms with Crippen molar-refractivity contribution in [2.24, 2.45) is 18.9 Å². The van der Waals surface area contributed by atoms with Crippen LogP contribution in [0, 0.1) is 29.0 Å². The fourth-order valence-corrected chi connectivity index (χ4v) is 5.24. The summed E-state index contributed by atoms with van der Waals surface area (Å²) in [6, 6.07) is 12.9. The largest absolute Gasteiger partial charge is 0.437 e. The molecule has 42 heavy (non-hydrogen) atoms. The normalized spacial score (nSPS) is 17.5. The zero-order chi connectivity index (χ0) is 30.9. The number of halogens is 4. The molecule has 0 saturated heterocycles. The first-order chi connectivity index (χ1) is 19.8. The summed E-state index contributed by atoms with van der Waals surface area (Å²) in [5, 5.41) is 20.5. The molecular weight excluding hydrogens is 546 g/mol. The van der Waals surface area contributed by atoms with Gasteiger partial charge < -0.3 is 5.11 Å². The van der Waals surface area contributed by atoms with Gasteiger partial charge in [-0.25, -0.2) is 4.39 Å². The van der Waals surface area contributed by atoms with Crippen LogP contribution in [0.15, 0.2) is 84.0 Å². The Morgan fingerprint density at radius 1 is 1.12 bits per heavy atom. The summed E-state index contributed by atoms with van der Waals surface area (Å²) in [5.74, 6) is -2.82. The molecule has 5 nitrogen and oxygen atoms in total. The Morgan fingerprint density at radius 3 is 2.50 bits per heavy atom. The number of ketones is 1. The zero-order valence-electron chi connectivity index (χ0n) is 23.9. The number of allylic oxidation sites excluding steroid dienone is 4. The van der Waals surface area contributed by atoms with Crippen LogP contribution < -0.4 is 4.68 Å². The van der Waals surface area contributed by atoms with Crippen LogP contribution in [0.1, 0.15) is 72.6 Å². The van der Waals surface area contributed by atoms with Crippen LogP contribution in [0.4, 0.5) is 17.6 Å². The Hall–Kier alpha value is -4.29. The van der Waals surface area contributed by atoms with Gasteiger partial charge in [0, 0.05) is 18.1 Å². The lowest BCUT2D eigenvalue weighted by atomic mass is 9.83. The molecule has 1 aromatic heterocycles. The van der Waals surface area contributed by atoms with Crippen molar-refractivity contribution in [2.75, 3.05) is 0 Å². The van der Waals surface area contributed by atoms with Crippen molar-refractivity contribution >= 4 is 5.78 Å². The lowest BCUT2D eigenvalue weighted by molar-refractivity contribution is -0.685. The van der Waals surface area contributed by atoms with Crippen LogP contribution in [0.3, 0.4) is 0 Å². The highest BCUT2D eigenvalue weighted by atomic mass is 19.4. The van der Waals surface area contributed by atoms with Crippen LogP contribution in [0.25, 0.3) is 5.69 Å². The van der Waals surface area contributed by atoms with Crippen molar-refractivity contribution in [1.29, 1.82) is 5.26 Å². The summed E-state index contributed by atoms with van der Waals surface area (Å²) in [6.45, 7) is 7.11. The molecule has 0 amide bonds. The summed E-state index contributed by atoms with van der Waals surface area (Å²) < 4.78 is 58.9. The quantitative estimate of drug-likeness (QED) is 0.185. The molecule has 1 aliphatic carbocycles. The number of aromatic nitrogens is 2. The minimum absolute atomic E-state index is 0.0918. The number of hydrogen-bond acceptors (Lipinski definition) is 3. The average molecular weight is 579 g/mol. The molecule has 4 rings (SSSR count).